The Morgan fingerprint density at radius 1 is 1.00 bits per heavy atom. The summed E-state index contributed by atoms with van der Waals surface area (Å²) in [6.07, 6.45) is 1.48. The second-order valence-electron chi connectivity index (χ2n) is 5.49. The van der Waals surface area contributed by atoms with E-state index >= 15 is 0 Å². The molecule has 0 saturated carbocycles. The summed E-state index contributed by atoms with van der Waals surface area (Å²) in [5.41, 5.74) is 2.00. The van der Waals surface area contributed by atoms with Crippen molar-refractivity contribution in [3.63, 3.8) is 0 Å². The fourth-order valence-corrected chi connectivity index (χ4v) is 2.44. The molecule has 130 valence electrons. The maximum absolute atomic E-state index is 12.4. The standard InChI is InChI=1S/C19H15ClN4O2/c1-12(25)13-4-2-6-15(10-13)23-19-21-9-8-17(24-19)18(26)22-16-7-3-5-14(20)11-16/h2-11H,1H3,(H,22,26)(H,21,23,24). The number of benzene rings is 2. The molecule has 0 aliphatic carbocycles. The Hall–Kier alpha value is -3.25. The van der Waals surface area contributed by atoms with Crippen molar-refractivity contribution in [1.29, 1.82) is 0 Å². The van der Waals surface area contributed by atoms with Crippen molar-refractivity contribution >= 4 is 40.6 Å². The average molecular weight is 367 g/mol. The van der Waals surface area contributed by atoms with Crippen molar-refractivity contribution < 1.29 is 9.59 Å². The molecule has 2 N–H and O–H groups in total. The summed E-state index contributed by atoms with van der Waals surface area (Å²) in [6.45, 7) is 1.50. The second-order valence-corrected chi connectivity index (χ2v) is 5.93. The Morgan fingerprint density at radius 3 is 2.54 bits per heavy atom. The minimum absolute atomic E-state index is 0.0378. The second kappa shape index (κ2) is 7.76. The van der Waals surface area contributed by atoms with Gasteiger partial charge in [0.1, 0.15) is 5.69 Å². The van der Waals surface area contributed by atoms with Gasteiger partial charge in [-0.25, -0.2) is 9.97 Å². The van der Waals surface area contributed by atoms with Crippen LogP contribution in [0.15, 0.2) is 60.8 Å². The maximum Gasteiger partial charge on any atom is 0.274 e. The zero-order valence-corrected chi connectivity index (χ0v) is 14.6. The van der Waals surface area contributed by atoms with E-state index in [1.165, 1.54) is 19.2 Å². The molecule has 0 unspecified atom stereocenters. The minimum Gasteiger partial charge on any atom is -0.324 e. The van der Waals surface area contributed by atoms with E-state index in [9.17, 15) is 9.59 Å². The minimum atomic E-state index is -0.379. The Labute approximate surface area is 155 Å². The van der Waals surface area contributed by atoms with Crippen LogP contribution in [0.1, 0.15) is 27.8 Å². The van der Waals surface area contributed by atoms with Gasteiger partial charge in [0.15, 0.2) is 5.78 Å². The van der Waals surface area contributed by atoms with E-state index in [4.69, 9.17) is 11.6 Å². The molecule has 0 aliphatic rings. The molecule has 1 aromatic heterocycles. The molecular weight excluding hydrogens is 352 g/mol. The van der Waals surface area contributed by atoms with Gasteiger partial charge in [-0.15, -0.1) is 0 Å². The Balaban J connectivity index is 1.76. The molecular formula is C19H15ClN4O2. The smallest absolute Gasteiger partial charge is 0.274 e. The zero-order chi connectivity index (χ0) is 18.5. The van der Waals surface area contributed by atoms with Gasteiger partial charge in [0.25, 0.3) is 5.91 Å². The molecule has 0 aliphatic heterocycles. The van der Waals surface area contributed by atoms with Crippen LogP contribution >= 0.6 is 11.6 Å². The van der Waals surface area contributed by atoms with Crippen molar-refractivity contribution in [2.75, 3.05) is 10.6 Å². The van der Waals surface area contributed by atoms with Gasteiger partial charge in [-0.3, -0.25) is 9.59 Å². The molecule has 1 heterocycles. The SMILES string of the molecule is CC(=O)c1cccc(Nc2nccc(C(=O)Nc3cccc(Cl)c3)n2)c1. The average Bonchev–Trinajstić information content (AvgIpc) is 2.62. The summed E-state index contributed by atoms with van der Waals surface area (Å²) < 4.78 is 0. The van der Waals surface area contributed by atoms with Gasteiger partial charge in [0.05, 0.1) is 0 Å². The number of nitrogens with one attached hydrogen (secondary N) is 2. The fourth-order valence-electron chi connectivity index (χ4n) is 2.25. The normalized spacial score (nSPS) is 10.2. The first-order chi connectivity index (χ1) is 12.5. The number of amides is 1. The van der Waals surface area contributed by atoms with Gasteiger partial charge in [0.2, 0.25) is 5.95 Å². The van der Waals surface area contributed by atoms with E-state index in [-0.39, 0.29) is 23.3 Å². The number of ketones is 1. The number of hydrogen-bond acceptors (Lipinski definition) is 5. The highest BCUT2D eigenvalue weighted by molar-refractivity contribution is 6.30. The highest BCUT2D eigenvalue weighted by atomic mass is 35.5. The van der Waals surface area contributed by atoms with Gasteiger partial charge in [-0.2, -0.15) is 0 Å². The number of anilines is 3. The Bertz CT molecular complexity index is 975. The monoisotopic (exact) mass is 366 g/mol. The number of rotatable bonds is 5. The molecule has 0 bridgehead atoms. The highest BCUT2D eigenvalue weighted by Crippen LogP contribution is 2.17. The first-order valence-electron chi connectivity index (χ1n) is 7.79. The molecule has 2 aromatic carbocycles. The van der Waals surface area contributed by atoms with Crippen molar-refractivity contribution in [2.45, 2.75) is 6.92 Å². The van der Waals surface area contributed by atoms with Crippen molar-refractivity contribution in [3.8, 4) is 0 Å². The number of nitrogens with zero attached hydrogens (tertiary/aromatic N) is 2. The Kier molecular flexibility index (Phi) is 5.24. The Morgan fingerprint density at radius 2 is 1.77 bits per heavy atom. The van der Waals surface area contributed by atoms with Gasteiger partial charge in [0, 0.05) is 28.2 Å². The summed E-state index contributed by atoms with van der Waals surface area (Å²) in [4.78, 5) is 32.1. The van der Waals surface area contributed by atoms with Crippen molar-refractivity contribution in [2.24, 2.45) is 0 Å². The molecule has 0 fully saturated rings. The number of Topliss-reactive ketones (excluding diaryl/α,β-unsaturated/α-hetero) is 1. The van der Waals surface area contributed by atoms with Crippen LogP contribution < -0.4 is 10.6 Å². The molecule has 26 heavy (non-hydrogen) atoms. The summed E-state index contributed by atoms with van der Waals surface area (Å²) in [7, 11) is 0. The lowest BCUT2D eigenvalue weighted by Crippen LogP contribution is -2.14. The lowest BCUT2D eigenvalue weighted by atomic mass is 10.1. The number of carbonyl (C=O) groups is 2. The van der Waals surface area contributed by atoms with Crippen LogP contribution in [0.2, 0.25) is 5.02 Å². The third kappa shape index (κ3) is 4.43. The summed E-state index contributed by atoms with van der Waals surface area (Å²) in [5.74, 6) is -0.163. The van der Waals surface area contributed by atoms with Crippen LogP contribution in [0.3, 0.4) is 0 Å². The molecule has 7 heteroatoms. The zero-order valence-electron chi connectivity index (χ0n) is 13.9. The number of hydrogen-bond donors (Lipinski definition) is 2. The van der Waals surface area contributed by atoms with E-state index in [2.05, 4.69) is 20.6 Å². The van der Waals surface area contributed by atoms with Gasteiger partial charge < -0.3 is 10.6 Å². The third-order valence-corrected chi connectivity index (χ3v) is 3.73. The first kappa shape index (κ1) is 17.6. The van der Waals surface area contributed by atoms with Gasteiger partial charge in [-0.05, 0) is 43.3 Å². The quantitative estimate of drug-likeness (QED) is 0.656. The van der Waals surface area contributed by atoms with Crippen LogP contribution in [-0.4, -0.2) is 21.7 Å². The number of carbonyl (C=O) groups excluding carboxylic acids is 2. The van der Waals surface area contributed by atoms with Crippen LogP contribution in [0, 0.1) is 0 Å². The predicted octanol–water partition coefficient (Wildman–Crippen LogP) is 4.33. The molecule has 0 spiro atoms. The maximum atomic E-state index is 12.4. The molecule has 0 radical (unpaired) electrons. The van der Waals surface area contributed by atoms with Gasteiger partial charge in [-0.1, -0.05) is 29.8 Å². The van der Waals surface area contributed by atoms with E-state index in [0.717, 1.165) is 0 Å². The van der Waals surface area contributed by atoms with E-state index < -0.39 is 0 Å². The van der Waals surface area contributed by atoms with Crippen LogP contribution in [-0.2, 0) is 0 Å². The molecule has 1 amide bonds. The topological polar surface area (TPSA) is 84.0 Å². The number of halogens is 1. The van der Waals surface area contributed by atoms with Crippen LogP contribution in [0.5, 0.6) is 0 Å². The largest absolute Gasteiger partial charge is 0.324 e. The first-order valence-corrected chi connectivity index (χ1v) is 8.17. The van der Waals surface area contributed by atoms with Crippen LogP contribution in [0.25, 0.3) is 0 Å². The molecule has 3 rings (SSSR count). The third-order valence-electron chi connectivity index (χ3n) is 3.50. The summed E-state index contributed by atoms with van der Waals surface area (Å²) >= 11 is 5.91. The summed E-state index contributed by atoms with van der Waals surface area (Å²) in [5, 5.41) is 6.25. The predicted molar refractivity (Wildman–Crippen MR) is 101 cm³/mol. The van der Waals surface area contributed by atoms with Gasteiger partial charge >= 0.3 is 0 Å². The number of aromatic nitrogens is 2. The van der Waals surface area contributed by atoms with E-state index in [1.54, 1.807) is 48.5 Å². The van der Waals surface area contributed by atoms with Crippen molar-refractivity contribution in [3.05, 3.63) is 77.1 Å². The molecule has 6 nitrogen and oxygen atoms in total. The highest BCUT2D eigenvalue weighted by Gasteiger charge is 2.10. The summed E-state index contributed by atoms with van der Waals surface area (Å²) in [6, 6.07) is 15.3. The molecule has 0 atom stereocenters. The fraction of sp³-hybridized carbons (Fsp3) is 0.0526. The lowest BCUT2D eigenvalue weighted by Gasteiger charge is -2.08. The lowest BCUT2D eigenvalue weighted by molar-refractivity contribution is 0.101. The van der Waals surface area contributed by atoms with Crippen LogP contribution in [0.4, 0.5) is 17.3 Å². The molecule has 3 aromatic rings. The van der Waals surface area contributed by atoms with E-state index in [1.807, 2.05) is 0 Å². The molecule has 0 saturated heterocycles. The van der Waals surface area contributed by atoms with Crippen molar-refractivity contribution in [1.82, 2.24) is 9.97 Å². The van der Waals surface area contributed by atoms with E-state index in [0.29, 0.717) is 22.0 Å².